The molecule has 1 fully saturated rings. The fraction of sp³-hybridized carbons (Fsp3) is 0.389. The number of benzene rings is 1. The summed E-state index contributed by atoms with van der Waals surface area (Å²) in [5.41, 5.74) is 2.00. The lowest BCUT2D eigenvalue weighted by Gasteiger charge is -2.34. The second-order valence-corrected chi connectivity index (χ2v) is 6.48. The van der Waals surface area contributed by atoms with Crippen molar-refractivity contribution in [2.75, 3.05) is 13.1 Å². The zero-order valence-electron chi connectivity index (χ0n) is 14.0. The van der Waals surface area contributed by atoms with Crippen LogP contribution >= 0.6 is 0 Å². The highest BCUT2D eigenvalue weighted by atomic mass is 16.5. The van der Waals surface area contributed by atoms with E-state index in [9.17, 15) is 0 Å². The van der Waals surface area contributed by atoms with E-state index < -0.39 is 0 Å². The van der Waals surface area contributed by atoms with Crippen LogP contribution in [0, 0.1) is 0 Å². The van der Waals surface area contributed by atoms with Crippen molar-refractivity contribution in [1.82, 2.24) is 24.9 Å². The van der Waals surface area contributed by atoms with E-state index in [2.05, 4.69) is 46.2 Å². The number of fused-ring (bicyclic) bond motifs is 1. The number of rotatable bonds is 3. The molecule has 0 aliphatic carbocycles. The first-order valence-corrected chi connectivity index (χ1v) is 8.31. The highest BCUT2D eigenvalue weighted by molar-refractivity contribution is 5.89. The van der Waals surface area contributed by atoms with E-state index in [-0.39, 0.29) is 12.2 Å². The van der Waals surface area contributed by atoms with Crippen LogP contribution in [0.4, 0.5) is 0 Å². The van der Waals surface area contributed by atoms with E-state index in [1.807, 2.05) is 29.2 Å². The molecule has 6 heteroatoms. The third kappa shape index (κ3) is 3.02. The molecule has 6 nitrogen and oxygen atoms in total. The van der Waals surface area contributed by atoms with Crippen molar-refractivity contribution in [1.29, 1.82) is 0 Å². The molecule has 124 valence electrons. The summed E-state index contributed by atoms with van der Waals surface area (Å²) in [5.74, 6) is 0. The summed E-state index contributed by atoms with van der Waals surface area (Å²) in [6.45, 7) is 6.88. The maximum absolute atomic E-state index is 5.79. The van der Waals surface area contributed by atoms with Gasteiger partial charge in [0.05, 0.1) is 29.8 Å². The molecular weight excluding hydrogens is 302 g/mol. The van der Waals surface area contributed by atoms with Gasteiger partial charge in [-0.2, -0.15) is 0 Å². The second kappa shape index (κ2) is 6.30. The average molecular weight is 323 g/mol. The summed E-state index contributed by atoms with van der Waals surface area (Å²) < 4.78 is 7.64. The number of ether oxygens (including phenoxy) is 1. The van der Waals surface area contributed by atoms with Gasteiger partial charge in [0.1, 0.15) is 0 Å². The Balaban J connectivity index is 1.58. The Kier molecular flexibility index (Phi) is 4.00. The molecular formula is C18H21N5O. The van der Waals surface area contributed by atoms with Crippen molar-refractivity contribution in [2.24, 2.45) is 0 Å². The van der Waals surface area contributed by atoms with Crippen LogP contribution < -0.4 is 0 Å². The predicted molar refractivity (Wildman–Crippen MR) is 91.9 cm³/mol. The largest absolute Gasteiger partial charge is 0.373 e. The van der Waals surface area contributed by atoms with Crippen LogP contribution in [-0.4, -0.2) is 50.2 Å². The van der Waals surface area contributed by atoms with Crippen LogP contribution in [-0.2, 0) is 11.3 Å². The van der Waals surface area contributed by atoms with Crippen molar-refractivity contribution in [2.45, 2.75) is 32.6 Å². The molecule has 24 heavy (non-hydrogen) atoms. The van der Waals surface area contributed by atoms with Gasteiger partial charge in [0.2, 0.25) is 0 Å². The van der Waals surface area contributed by atoms with E-state index >= 15 is 0 Å². The van der Waals surface area contributed by atoms with Crippen LogP contribution in [0.2, 0.25) is 0 Å². The summed E-state index contributed by atoms with van der Waals surface area (Å²) in [6.07, 6.45) is 6.21. The molecule has 0 bridgehead atoms. The molecule has 0 spiro atoms. The van der Waals surface area contributed by atoms with Crippen molar-refractivity contribution < 1.29 is 4.74 Å². The first-order chi connectivity index (χ1) is 11.7. The second-order valence-electron chi connectivity index (χ2n) is 6.48. The minimum absolute atomic E-state index is 0.259. The standard InChI is InChI=1S/C18H21N5O/c1-13-9-22(10-14(2)24-13)11-16-12-23(21-20-16)18-5-3-4-15-8-19-7-6-17(15)18/h3-8,12-14H,9-11H2,1-2H3/t13-,14+. The predicted octanol–water partition coefficient (Wildman–Crippen LogP) is 2.42. The molecule has 4 rings (SSSR count). The van der Waals surface area contributed by atoms with E-state index in [1.165, 1.54) is 0 Å². The van der Waals surface area contributed by atoms with Crippen molar-refractivity contribution in [3.8, 4) is 5.69 Å². The molecule has 2 aromatic heterocycles. The van der Waals surface area contributed by atoms with Gasteiger partial charge in [-0.25, -0.2) is 4.68 Å². The van der Waals surface area contributed by atoms with Gasteiger partial charge >= 0.3 is 0 Å². The lowest BCUT2D eigenvalue weighted by molar-refractivity contribution is -0.0707. The van der Waals surface area contributed by atoms with Crippen molar-refractivity contribution in [3.05, 3.63) is 48.5 Å². The maximum atomic E-state index is 5.79. The number of hydrogen-bond acceptors (Lipinski definition) is 5. The topological polar surface area (TPSA) is 56.1 Å². The lowest BCUT2D eigenvalue weighted by Crippen LogP contribution is -2.44. The third-order valence-corrected chi connectivity index (χ3v) is 4.33. The highest BCUT2D eigenvalue weighted by Gasteiger charge is 2.22. The first-order valence-electron chi connectivity index (χ1n) is 8.31. The molecule has 0 saturated carbocycles. The summed E-state index contributed by atoms with van der Waals surface area (Å²) in [7, 11) is 0. The van der Waals surface area contributed by atoms with Gasteiger partial charge in [-0.3, -0.25) is 9.88 Å². The Hall–Kier alpha value is -2.31. The average Bonchev–Trinajstić information content (AvgIpc) is 3.01. The molecule has 2 atom stereocenters. The van der Waals surface area contributed by atoms with Gasteiger partial charge in [0.25, 0.3) is 0 Å². The maximum Gasteiger partial charge on any atom is 0.0971 e. The fourth-order valence-electron chi connectivity index (χ4n) is 3.44. The molecule has 0 radical (unpaired) electrons. The first kappa shape index (κ1) is 15.2. The van der Waals surface area contributed by atoms with Gasteiger partial charge in [-0.15, -0.1) is 5.10 Å². The lowest BCUT2D eigenvalue weighted by atomic mass is 10.1. The number of pyridine rings is 1. The third-order valence-electron chi connectivity index (χ3n) is 4.33. The Morgan fingerprint density at radius 3 is 2.83 bits per heavy atom. The van der Waals surface area contributed by atoms with Gasteiger partial charge in [0.15, 0.2) is 0 Å². The summed E-state index contributed by atoms with van der Waals surface area (Å²) >= 11 is 0. The molecule has 0 N–H and O–H groups in total. The Labute approximate surface area is 141 Å². The van der Waals surface area contributed by atoms with E-state index in [1.54, 1.807) is 6.20 Å². The SMILES string of the molecule is C[C@@H]1CN(Cc2cn(-c3cccc4cnccc34)nn2)C[C@H](C)O1. The molecule has 3 heterocycles. The van der Waals surface area contributed by atoms with Gasteiger partial charge in [-0.1, -0.05) is 17.3 Å². The van der Waals surface area contributed by atoms with Gasteiger partial charge < -0.3 is 4.74 Å². The van der Waals surface area contributed by atoms with Crippen LogP contribution in [0.15, 0.2) is 42.9 Å². The van der Waals surface area contributed by atoms with Crippen molar-refractivity contribution >= 4 is 10.8 Å². The number of hydrogen-bond donors (Lipinski definition) is 0. The zero-order chi connectivity index (χ0) is 16.5. The summed E-state index contributed by atoms with van der Waals surface area (Å²) in [6, 6.07) is 8.14. The van der Waals surface area contributed by atoms with E-state index in [0.29, 0.717) is 0 Å². The highest BCUT2D eigenvalue weighted by Crippen LogP contribution is 2.21. The minimum atomic E-state index is 0.259. The van der Waals surface area contributed by atoms with Crippen LogP contribution in [0.25, 0.3) is 16.5 Å². The van der Waals surface area contributed by atoms with Gasteiger partial charge in [-0.05, 0) is 26.0 Å². The smallest absolute Gasteiger partial charge is 0.0971 e. The minimum Gasteiger partial charge on any atom is -0.373 e. The monoisotopic (exact) mass is 323 g/mol. The quantitative estimate of drug-likeness (QED) is 0.741. The molecule has 1 aliphatic heterocycles. The fourth-order valence-corrected chi connectivity index (χ4v) is 3.44. The van der Waals surface area contributed by atoms with Crippen LogP contribution in [0.3, 0.4) is 0 Å². The Morgan fingerprint density at radius 1 is 1.17 bits per heavy atom. The molecule has 1 saturated heterocycles. The number of aromatic nitrogens is 4. The normalized spacial score (nSPS) is 22.1. The Bertz CT molecular complexity index is 831. The zero-order valence-corrected chi connectivity index (χ0v) is 14.0. The molecule has 1 aromatic carbocycles. The molecule has 0 amide bonds. The molecule has 3 aromatic rings. The van der Waals surface area contributed by atoms with E-state index in [4.69, 9.17) is 4.74 Å². The van der Waals surface area contributed by atoms with E-state index in [0.717, 1.165) is 41.8 Å². The van der Waals surface area contributed by atoms with Crippen LogP contribution in [0.5, 0.6) is 0 Å². The Morgan fingerprint density at radius 2 is 2.00 bits per heavy atom. The summed E-state index contributed by atoms with van der Waals surface area (Å²) in [4.78, 5) is 6.56. The molecule has 0 unspecified atom stereocenters. The van der Waals surface area contributed by atoms with Crippen molar-refractivity contribution in [3.63, 3.8) is 0 Å². The number of nitrogens with zero attached hydrogens (tertiary/aromatic N) is 5. The van der Waals surface area contributed by atoms with Gasteiger partial charge in [0, 0.05) is 42.8 Å². The molecule has 1 aliphatic rings. The van der Waals surface area contributed by atoms with Crippen LogP contribution in [0.1, 0.15) is 19.5 Å². The number of morpholine rings is 1. The summed E-state index contributed by atoms with van der Waals surface area (Å²) in [5, 5.41) is 10.9.